The zero-order chi connectivity index (χ0) is 52.9. The number of allylic oxidation sites excluding steroid dienone is 7. The van der Waals surface area contributed by atoms with Gasteiger partial charge in [-0.25, -0.2) is 9.55 Å². The molecule has 2 saturated heterocycles. The van der Waals surface area contributed by atoms with Crippen LogP contribution in [0.3, 0.4) is 0 Å². The molecule has 1 aromatic heterocycles. The quantitative estimate of drug-likeness (QED) is 0.0355. The van der Waals surface area contributed by atoms with Crippen molar-refractivity contribution in [2.75, 3.05) is 41.5 Å². The Morgan fingerprint density at radius 1 is 1.09 bits per heavy atom. The predicted molar refractivity (Wildman–Crippen MR) is 262 cm³/mol. The highest BCUT2D eigenvalue weighted by atomic mass is 31.2. The molecule has 0 radical (unpaired) electrons. The van der Waals surface area contributed by atoms with Crippen LogP contribution < -0.4 is 5.32 Å². The van der Waals surface area contributed by atoms with Gasteiger partial charge in [-0.3, -0.25) is 9.32 Å². The molecule has 20 heteroatoms. The number of carbonyl (C=O) groups excluding carboxylic acids is 1. The maximum Gasteiger partial charge on any atom is 0.469 e. The van der Waals surface area contributed by atoms with Crippen molar-refractivity contribution in [3.8, 4) is 6.07 Å². The van der Waals surface area contributed by atoms with Crippen LogP contribution in [0, 0.1) is 34.5 Å². The van der Waals surface area contributed by atoms with Gasteiger partial charge in [0.1, 0.15) is 30.3 Å². The van der Waals surface area contributed by atoms with Gasteiger partial charge in [0.25, 0.3) is 5.91 Å². The van der Waals surface area contributed by atoms with Gasteiger partial charge >= 0.3 is 7.82 Å². The van der Waals surface area contributed by atoms with E-state index in [4.69, 9.17) is 33.2 Å². The summed E-state index contributed by atoms with van der Waals surface area (Å²) in [6.45, 7) is 16.6. The summed E-state index contributed by atoms with van der Waals surface area (Å²) in [5.41, 5.74) is 1.87. The summed E-state index contributed by atoms with van der Waals surface area (Å²) in [7, 11) is 1.12. The van der Waals surface area contributed by atoms with Crippen molar-refractivity contribution >= 4 is 19.8 Å². The number of aliphatic hydroxyl groups is 5. The van der Waals surface area contributed by atoms with Crippen LogP contribution in [-0.4, -0.2) is 159 Å². The first-order valence-electron chi connectivity index (χ1n) is 23.8. The average molecular weight is 1010 g/mol. The van der Waals surface area contributed by atoms with Gasteiger partial charge in [-0.2, -0.15) is 5.26 Å². The SMILES string of the molecule is COC[C@H]([C@@H](O)[C@@H](O)C(=O)NCC[C@@H](C)c1nc(/C=C/C[C@H]2OC3(C[C@H](O)[C@H]2C)O[C@@H]([C@@H](C[C@@H](O)[C@@H](C)[C@@H](O)[C@@H](C)/C=C(C)/C(C)=C\C=C\C(C)=C\C#N)OC)[C@@H](OP(=O)(O)O)C3(C)C)co1)N(C)C. The minimum Gasteiger partial charge on any atom is -0.448 e. The first kappa shape index (κ1) is 60.9. The van der Waals surface area contributed by atoms with Gasteiger partial charge in [-0.15, -0.1) is 0 Å². The fourth-order valence-corrected chi connectivity index (χ4v) is 9.64. The molecule has 2 fully saturated rings. The van der Waals surface area contributed by atoms with Crippen molar-refractivity contribution in [2.45, 2.75) is 161 Å². The number of hydrogen-bond acceptors (Lipinski definition) is 16. The topological polar surface area (TPSA) is 287 Å². The minimum absolute atomic E-state index is 0.0645. The molecule has 0 saturated carbocycles. The molecule has 1 aromatic rings. The van der Waals surface area contributed by atoms with Crippen LogP contribution >= 0.6 is 7.82 Å². The molecule has 70 heavy (non-hydrogen) atoms. The van der Waals surface area contributed by atoms with E-state index in [0.29, 0.717) is 18.0 Å². The first-order chi connectivity index (χ1) is 32.6. The number of rotatable bonds is 26. The highest BCUT2D eigenvalue weighted by molar-refractivity contribution is 7.46. The Morgan fingerprint density at radius 3 is 2.36 bits per heavy atom. The number of aliphatic hydroxyl groups excluding tert-OH is 5. The first-order valence-corrected chi connectivity index (χ1v) is 25.4. The number of oxazole rings is 1. The fourth-order valence-electron chi connectivity index (χ4n) is 8.96. The highest BCUT2D eigenvalue weighted by Gasteiger charge is 2.68. The van der Waals surface area contributed by atoms with Gasteiger partial charge in [0.15, 0.2) is 17.8 Å². The number of carbonyl (C=O) groups is 1. The Bertz CT molecular complexity index is 2080. The molecule has 2 aliphatic rings. The van der Waals surface area contributed by atoms with E-state index in [1.807, 2.05) is 78.0 Å². The van der Waals surface area contributed by atoms with Gasteiger partial charge in [-0.05, 0) is 64.9 Å². The van der Waals surface area contributed by atoms with Gasteiger partial charge in [0.2, 0.25) is 0 Å². The lowest BCUT2D eigenvalue weighted by molar-refractivity contribution is -0.334. The molecule has 19 nitrogen and oxygen atoms in total. The van der Waals surface area contributed by atoms with Gasteiger partial charge < -0.3 is 68.9 Å². The van der Waals surface area contributed by atoms with Crippen molar-refractivity contribution < 1.29 is 72.6 Å². The number of nitriles is 1. The lowest BCUT2D eigenvalue weighted by atomic mass is 9.72. The van der Waals surface area contributed by atoms with Crippen molar-refractivity contribution in [3.05, 3.63) is 71.0 Å². The second kappa shape index (κ2) is 27.0. The molecule has 0 aliphatic carbocycles. The molecule has 0 bridgehead atoms. The monoisotopic (exact) mass is 1010 g/mol. The van der Waals surface area contributed by atoms with E-state index in [0.717, 1.165) is 16.7 Å². The summed E-state index contributed by atoms with van der Waals surface area (Å²) >= 11 is 0. The smallest absolute Gasteiger partial charge is 0.448 e. The second-order valence-electron chi connectivity index (χ2n) is 19.9. The van der Waals surface area contributed by atoms with Crippen LogP contribution in [0.25, 0.3) is 6.08 Å². The molecule has 8 N–H and O–H groups in total. The Morgan fingerprint density at radius 2 is 1.76 bits per heavy atom. The van der Waals surface area contributed by atoms with E-state index in [-0.39, 0.29) is 44.2 Å². The van der Waals surface area contributed by atoms with Crippen LogP contribution in [0.1, 0.15) is 105 Å². The van der Waals surface area contributed by atoms with Crippen molar-refractivity contribution in [1.29, 1.82) is 5.26 Å². The third kappa shape index (κ3) is 16.3. The third-order valence-electron chi connectivity index (χ3n) is 14.0. The largest absolute Gasteiger partial charge is 0.469 e. The Balaban J connectivity index is 1.74. The maximum absolute atomic E-state index is 12.6. The summed E-state index contributed by atoms with van der Waals surface area (Å²) in [5.74, 6) is -3.63. The molecule has 3 heterocycles. The summed E-state index contributed by atoms with van der Waals surface area (Å²) < 4.78 is 48.2. The molecule has 15 atom stereocenters. The van der Waals surface area contributed by atoms with E-state index < -0.39 is 97.7 Å². The third-order valence-corrected chi connectivity index (χ3v) is 14.5. The lowest BCUT2D eigenvalue weighted by Crippen LogP contribution is -2.58. The summed E-state index contributed by atoms with van der Waals surface area (Å²) in [5, 5.41) is 67.1. The number of amides is 1. The number of phosphoric acid groups is 1. The molecule has 3 rings (SSSR count). The molecule has 2 aliphatic heterocycles. The van der Waals surface area contributed by atoms with Gasteiger partial charge in [0.05, 0.1) is 49.2 Å². The second-order valence-corrected chi connectivity index (χ2v) is 21.1. The van der Waals surface area contributed by atoms with E-state index >= 15 is 0 Å². The number of ether oxygens (including phenoxy) is 4. The summed E-state index contributed by atoms with van der Waals surface area (Å²) in [4.78, 5) is 39.2. The van der Waals surface area contributed by atoms with Crippen molar-refractivity contribution in [3.63, 3.8) is 0 Å². The standard InChI is InChI=1S/C50H81N4O15P/c1-29(20-22-51)16-14-17-30(2)32(4)24-33(5)42(57)35(7)38(55)25-41(65-13)45-46(69-70(61,62)63)49(8,9)50(68-45)26-39(56)34(6)40(67-50)19-15-18-36-27-66-48(53-36)31(3)21-23-52-47(60)44(59)43(58)37(28-64-12)54(10)11/h14-18,20,24,27,31,33-35,37-46,55-59H,19,21,23,25-26,28H2,1-13H3,(H,52,60)(H2,61,62,63)/b16-14+,18-15+,29-20+,30-17-,32-24+/t31-,33+,34-,35-,37-,38-,39+,40-,41-,42+,43-,44-,45+,46-,50?/m1/s1. The van der Waals surface area contributed by atoms with E-state index in [2.05, 4.69) is 10.3 Å². The number of methoxy groups -OCH3 is 2. The summed E-state index contributed by atoms with van der Waals surface area (Å²) in [6, 6.07) is 1.40. The molecule has 1 spiro atoms. The number of nitrogens with one attached hydrogen (secondary N) is 1. The Hall–Kier alpha value is -3.42. The zero-order valence-electron chi connectivity index (χ0n) is 43.1. The van der Waals surface area contributed by atoms with Crippen LogP contribution in [0.2, 0.25) is 0 Å². The predicted octanol–water partition coefficient (Wildman–Crippen LogP) is 4.69. The summed E-state index contributed by atoms with van der Waals surface area (Å²) in [6.07, 6.45) is 4.10. The van der Waals surface area contributed by atoms with Crippen LogP contribution in [0.5, 0.6) is 0 Å². The lowest BCUT2D eigenvalue weighted by Gasteiger charge is -2.50. The van der Waals surface area contributed by atoms with E-state index in [1.54, 1.807) is 45.8 Å². The van der Waals surface area contributed by atoms with Crippen LogP contribution in [0.4, 0.5) is 0 Å². The highest BCUT2D eigenvalue weighted by Crippen LogP contribution is 2.59. The number of phosphoric ester groups is 1. The van der Waals surface area contributed by atoms with Crippen molar-refractivity contribution in [1.82, 2.24) is 15.2 Å². The Labute approximate surface area is 414 Å². The fraction of sp³-hybridized carbons (Fsp3) is 0.700. The van der Waals surface area contributed by atoms with Crippen LogP contribution in [-0.2, 0) is 32.8 Å². The molecular weight excluding hydrogens is 928 g/mol. The molecular formula is C50H81N4O15P. The average Bonchev–Trinajstić information content (AvgIpc) is 3.84. The van der Waals surface area contributed by atoms with Crippen molar-refractivity contribution in [2.24, 2.45) is 23.2 Å². The number of nitrogens with zero attached hydrogens (tertiary/aromatic N) is 3. The van der Waals surface area contributed by atoms with Gasteiger partial charge in [0, 0.05) is 68.8 Å². The molecule has 1 amide bonds. The van der Waals surface area contributed by atoms with E-state index in [1.165, 1.54) is 26.6 Å². The normalized spacial score (nSPS) is 27.6. The number of likely N-dealkylation sites (N-methyl/N-ethyl adjacent to an activating group) is 1. The molecule has 0 aromatic carbocycles. The number of aromatic nitrogens is 1. The number of hydrogen-bond donors (Lipinski definition) is 8. The minimum atomic E-state index is -5.15. The van der Waals surface area contributed by atoms with Crippen LogP contribution in [0.15, 0.2) is 63.9 Å². The van der Waals surface area contributed by atoms with E-state index in [9.17, 15) is 44.7 Å². The molecule has 1 unspecified atom stereocenters. The Kier molecular flexibility index (Phi) is 23.5. The molecule has 396 valence electrons. The zero-order valence-corrected chi connectivity index (χ0v) is 44.0. The maximum atomic E-state index is 12.6. The van der Waals surface area contributed by atoms with Gasteiger partial charge in [-0.1, -0.05) is 77.5 Å².